The largest absolute Gasteiger partial charge is 0.459 e. The maximum absolute atomic E-state index is 12.8. The van der Waals surface area contributed by atoms with Crippen molar-refractivity contribution in [3.8, 4) is 11.7 Å². The molecule has 2 aromatic heterocycles. The Labute approximate surface area is 141 Å². The van der Waals surface area contributed by atoms with Gasteiger partial charge in [-0.1, -0.05) is 23.9 Å². The zero-order chi connectivity index (χ0) is 16.9. The molecule has 0 saturated carbocycles. The Balaban J connectivity index is 1.53. The van der Waals surface area contributed by atoms with Gasteiger partial charge >= 0.3 is 0 Å². The van der Waals surface area contributed by atoms with E-state index in [1.54, 1.807) is 31.2 Å². The van der Waals surface area contributed by atoms with Crippen LogP contribution in [0.5, 0.6) is 0 Å². The molecule has 124 valence electrons. The number of carbonyl (C=O) groups excluding carboxylic acids is 1. The van der Waals surface area contributed by atoms with Crippen molar-refractivity contribution in [2.45, 2.75) is 23.9 Å². The quantitative estimate of drug-likeness (QED) is 0.689. The van der Waals surface area contributed by atoms with Crippen molar-refractivity contribution in [3.63, 3.8) is 0 Å². The summed E-state index contributed by atoms with van der Waals surface area (Å²) < 4.78 is 23.5. The van der Waals surface area contributed by atoms with E-state index >= 15 is 0 Å². The topological polar surface area (TPSA) is 81.2 Å². The van der Waals surface area contributed by atoms with Gasteiger partial charge < -0.3 is 14.2 Å². The monoisotopic (exact) mass is 347 g/mol. The molecule has 0 saturated heterocycles. The SMILES string of the molecule is C[C@H](Sc1nnc(-c2ccco2)o1)C(=O)NCc1ccc(F)cc1. The summed E-state index contributed by atoms with van der Waals surface area (Å²) in [5.41, 5.74) is 0.819. The van der Waals surface area contributed by atoms with Crippen molar-refractivity contribution in [3.05, 3.63) is 54.0 Å². The van der Waals surface area contributed by atoms with Crippen molar-refractivity contribution < 1.29 is 18.0 Å². The molecule has 8 heteroatoms. The summed E-state index contributed by atoms with van der Waals surface area (Å²) >= 11 is 1.15. The molecule has 1 atom stereocenters. The molecule has 0 aliphatic carbocycles. The van der Waals surface area contributed by atoms with E-state index in [0.29, 0.717) is 12.3 Å². The van der Waals surface area contributed by atoms with Crippen LogP contribution in [0.4, 0.5) is 4.39 Å². The van der Waals surface area contributed by atoms with Crippen molar-refractivity contribution in [2.75, 3.05) is 0 Å². The maximum atomic E-state index is 12.8. The molecule has 3 rings (SSSR count). The number of benzene rings is 1. The molecule has 24 heavy (non-hydrogen) atoms. The van der Waals surface area contributed by atoms with Crippen LogP contribution in [0.3, 0.4) is 0 Å². The number of nitrogens with one attached hydrogen (secondary N) is 1. The molecule has 0 spiro atoms. The molecule has 1 amide bonds. The minimum absolute atomic E-state index is 0.179. The van der Waals surface area contributed by atoms with Crippen LogP contribution in [0.25, 0.3) is 11.7 Å². The summed E-state index contributed by atoms with van der Waals surface area (Å²) in [5.74, 6) is 0.254. The molecule has 0 bridgehead atoms. The highest BCUT2D eigenvalue weighted by atomic mass is 32.2. The third-order valence-electron chi connectivity index (χ3n) is 3.17. The van der Waals surface area contributed by atoms with Crippen LogP contribution in [0.2, 0.25) is 0 Å². The van der Waals surface area contributed by atoms with E-state index in [1.165, 1.54) is 18.4 Å². The first-order chi connectivity index (χ1) is 11.6. The number of aromatic nitrogens is 2. The summed E-state index contributed by atoms with van der Waals surface area (Å²) in [5, 5.41) is 10.4. The Morgan fingerprint density at radius 1 is 1.29 bits per heavy atom. The van der Waals surface area contributed by atoms with Gasteiger partial charge in [-0.05, 0) is 36.8 Å². The summed E-state index contributed by atoms with van der Waals surface area (Å²) in [6, 6.07) is 9.39. The summed E-state index contributed by atoms with van der Waals surface area (Å²) in [7, 11) is 0. The zero-order valence-electron chi connectivity index (χ0n) is 12.7. The molecule has 0 unspecified atom stereocenters. The summed E-state index contributed by atoms with van der Waals surface area (Å²) in [6.45, 7) is 2.06. The van der Waals surface area contributed by atoms with Gasteiger partial charge in [0.25, 0.3) is 11.1 Å². The van der Waals surface area contributed by atoms with Gasteiger partial charge in [0.2, 0.25) is 5.91 Å². The summed E-state index contributed by atoms with van der Waals surface area (Å²) in [4.78, 5) is 12.1. The van der Waals surface area contributed by atoms with Crippen LogP contribution in [-0.4, -0.2) is 21.4 Å². The first kappa shape index (κ1) is 16.3. The lowest BCUT2D eigenvalue weighted by Crippen LogP contribution is -2.30. The molecule has 3 aromatic rings. The van der Waals surface area contributed by atoms with Gasteiger partial charge in [-0.3, -0.25) is 4.79 Å². The van der Waals surface area contributed by atoms with E-state index in [1.807, 2.05) is 0 Å². The standard InChI is InChI=1S/C16H14FN3O3S/c1-10(14(21)18-9-11-4-6-12(17)7-5-11)24-16-20-19-15(23-16)13-3-2-8-22-13/h2-8,10H,9H2,1H3,(H,18,21)/t10-/m0/s1. The number of hydrogen-bond acceptors (Lipinski definition) is 6. The fourth-order valence-corrected chi connectivity index (χ4v) is 2.60. The van der Waals surface area contributed by atoms with Crippen LogP contribution < -0.4 is 5.32 Å². The molecular weight excluding hydrogens is 333 g/mol. The van der Waals surface area contributed by atoms with Gasteiger partial charge in [0.05, 0.1) is 11.5 Å². The van der Waals surface area contributed by atoms with E-state index in [2.05, 4.69) is 15.5 Å². The molecule has 1 aromatic carbocycles. The van der Waals surface area contributed by atoms with Gasteiger partial charge in [-0.25, -0.2) is 4.39 Å². The lowest BCUT2D eigenvalue weighted by Gasteiger charge is -2.09. The number of halogens is 1. The van der Waals surface area contributed by atoms with E-state index in [9.17, 15) is 9.18 Å². The number of hydrogen-bond donors (Lipinski definition) is 1. The molecule has 1 N–H and O–H groups in total. The lowest BCUT2D eigenvalue weighted by molar-refractivity contribution is -0.120. The molecule has 0 radical (unpaired) electrons. The van der Waals surface area contributed by atoms with E-state index in [0.717, 1.165) is 17.3 Å². The minimum atomic E-state index is -0.421. The predicted molar refractivity (Wildman–Crippen MR) is 85.6 cm³/mol. The second kappa shape index (κ2) is 7.31. The Hall–Kier alpha value is -2.61. The van der Waals surface area contributed by atoms with Gasteiger partial charge in [0.15, 0.2) is 5.76 Å². The van der Waals surface area contributed by atoms with Gasteiger partial charge in [0, 0.05) is 6.54 Å². The van der Waals surface area contributed by atoms with Crippen LogP contribution in [0.15, 0.2) is 56.7 Å². The maximum Gasteiger partial charge on any atom is 0.284 e. The van der Waals surface area contributed by atoms with E-state index < -0.39 is 5.25 Å². The van der Waals surface area contributed by atoms with Crippen molar-refractivity contribution in [1.82, 2.24) is 15.5 Å². The van der Waals surface area contributed by atoms with Crippen LogP contribution >= 0.6 is 11.8 Å². The number of carbonyl (C=O) groups is 1. The minimum Gasteiger partial charge on any atom is -0.459 e. The Kier molecular flexibility index (Phi) is 4.95. The lowest BCUT2D eigenvalue weighted by atomic mass is 10.2. The molecule has 2 heterocycles. The number of thioether (sulfide) groups is 1. The highest BCUT2D eigenvalue weighted by molar-refractivity contribution is 8.00. The van der Waals surface area contributed by atoms with Crippen LogP contribution in [0, 0.1) is 5.82 Å². The van der Waals surface area contributed by atoms with E-state index in [4.69, 9.17) is 8.83 Å². The van der Waals surface area contributed by atoms with Gasteiger partial charge in [0.1, 0.15) is 5.82 Å². The number of nitrogens with zero attached hydrogens (tertiary/aromatic N) is 2. The Morgan fingerprint density at radius 3 is 2.79 bits per heavy atom. The fourth-order valence-electron chi connectivity index (χ4n) is 1.90. The highest BCUT2D eigenvalue weighted by Crippen LogP contribution is 2.26. The molecule has 0 aliphatic rings. The highest BCUT2D eigenvalue weighted by Gasteiger charge is 2.19. The van der Waals surface area contributed by atoms with Crippen molar-refractivity contribution in [2.24, 2.45) is 0 Å². The average molecular weight is 347 g/mol. The van der Waals surface area contributed by atoms with Crippen LogP contribution in [-0.2, 0) is 11.3 Å². The second-order valence-electron chi connectivity index (χ2n) is 4.95. The molecule has 0 aliphatic heterocycles. The fraction of sp³-hybridized carbons (Fsp3) is 0.188. The smallest absolute Gasteiger partial charge is 0.284 e. The third-order valence-corrected chi connectivity index (χ3v) is 4.10. The Bertz CT molecular complexity index is 802. The number of furan rings is 1. The molecular formula is C16H14FN3O3S. The number of amides is 1. The first-order valence-electron chi connectivity index (χ1n) is 7.18. The Morgan fingerprint density at radius 2 is 2.08 bits per heavy atom. The van der Waals surface area contributed by atoms with E-state index in [-0.39, 0.29) is 22.8 Å². The third kappa shape index (κ3) is 4.02. The van der Waals surface area contributed by atoms with Crippen LogP contribution in [0.1, 0.15) is 12.5 Å². The predicted octanol–water partition coefficient (Wildman–Crippen LogP) is 3.27. The van der Waals surface area contributed by atoms with Gasteiger partial charge in [-0.15, -0.1) is 10.2 Å². The van der Waals surface area contributed by atoms with Crippen molar-refractivity contribution in [1.29, 1.82) is 0 Å². The number of rotatable bonds is 6. The molecule has 0 fully saturated rings. The second-order valence-corrected chi connectivity index (χ2v) is 6.25. The summed E-state index contributed by atoms with van der Waals surface area (Å²) in [6.07, 6.45) is 1.51. The first-order valence-corrected chi connectivity index (χ1v) is 8.06. The van der Waals surface area contributed by atoms with Crippen molar-refractivity contribution >= 4 is 17.7 Å². The zero-order valence-corrected chi connectivity index (χ0v) is 13.5. The van der Waals surface area contributed by atoms with Gasteiger partial charge in [-0.2, -0.15) is 0 Å². The average Bonchev–Trinajstić information content (AvgIpc) is 3.25. The molecule has 6 nitrogen and oxygen atoms in total. The normalized spacial score (nSPS) is 12.1.